The third kappa shape index (κ3) is 14.1. The molecule has 32 heteroatoms. The molecule has 10 atom stereocenters. The van der Waals surface area contributed by atoms with Crippen LogP contribution in [-0.4, -0.2) is 164 Å². The molecule has 0 radical (unpaired) electrons. The van der Waals surface area contributed by atoms with E-state index in [9.17, 15) is 17.6 Å². The summed E-state index contributed by atoms with van der Waals surface area (Å²) in [5.41, 5.74) is 42.5. The van der Waals surface area contributed by atoms with Crippen LogP contribution in [0.2, 0.25) is 0 Å². The predicted octanol–water partition coefficient (Wildman–Crippen LogP) is 12.7. The summed E-state index contributed by atoms with van der Waals surface area (Å²) >= 11 is 0. The number of halogens is 4. The summed E-state index contributed by atoms with van der Waals surface area (Å²) in [6.45, 7) is 7.84. The SMILES string of the molecule is CNc1cc(F)cc2c1Cc1nc(Oc3cccnc3)nc(N3CC4CC3C4N)c1-2.CNc1cc(F)cc2c1Cc1nc(Oc3cccnc3)nc(N3CC4CC4(CN)C3)c1-2.CNc1cc(F)cc2c1Cc1nc(Oc3cccnc3)nc(N3CC4C[C@@H](N)C4C3)c1-2.CNc1cc(F)cc2c1Cc1nc(Oc3cccnc3)nc(N3C[C@H](N)C[C@H]3C)c1-2. The first-order valence-corrected chi connectivity index (χ1v) is 41.3. The summed E-state index contributed by atoms with van der Waals surface area (Å²) in [4.78, 5) is 63.3. The van der Waals surface area contributed by atoms with E-state index >= 15 is 0 Å². The number of hydrogen-bond acceptors (Lipinski definition) is 28. The Hall–Kier alpha value is -13.0. The molecule has 0 spiro atoms. The van der Waals surface area contributed by atoms with Gasteiger partial charge < -0.3 is 82.7 Å². The Morgan fingerprint density at radius 1 is 0.434 bits per heavy atom. The quantitative estimate of drug-likeness (QED) is 0.0393. The molecule has 5 aliphatic heterocycles. The lowest BCUT2D eigenvalue weighted by Gasteiger charge is -2.36. The molecule has 7 aliphatic carbocycles. The molecular weight excluding hydrogens is 1560 g/mol. The lowest BCUT2D eigenvalue weighted by Crippen LogP contribution is -2.49. The number of hydrogen-bond donors (Lipinski definition) is 8. The average Bonchev–Trinajstić information content (AvgIpc) is 1.56. The van der Waals surface area contributed by atoms with Crippen LogP contribution in [0.15, 0.2) is 147 Å². The molecular formula is C90H90F4N24O4. The second kappa shape index (κ2) is 31.2. The molecule has 13 heterocycles. The maximum atomic E-state index is 14.4. The number of nitrogens with one attached hydrogen (secondary N) is 4. The zero-order valence-corrected chi connectivity index (χ0v) is 67.8. The van der Waals surface area contributed by atoms with Crippen molar-refractivity contribution < 1.29 is 36.5 Å². The first kappa shape index (κ1) is 77.6. The van der Waals surface area contributed by atoms with Gasteiger partial charge in [0.15, 0.2) is 0 Å². The van der Waals surface area contributed by atoms with Gasteiger partial charge in [-0.2, -0.15) is 39.9 Å². The van der Waals surface area contributed by atoms with Crippen molar-refractivity contribution in [1.82, 2.24) is 59.8 Å². The maximum Gasteiger partial charge on any atom is 0.324 e. The maximum absolute atomic E-state index is 14.4. The minimum absolute atomic E-state index is 0.0644. The number of piperidine rings is 1. The molecule has 12 aliphatic rings. The normalized spacial score (nSPS) is 22.1. The lowest BCUT2D eigenvalue weighted by molar-refractivity contribution is 0.194. The van der Waals surface area contributed by atoms with E-state index in [2.05, 4.69) is 77.7 Å². The van der Waals surface area contributed by atoms with Crippen molar-refractivity contribution >= 4 is 46.0 Å². The van der Waals surface area contributed by atoms with Gasteiger partial charge in [-0.15, -0.1) is 0 Å². The number of benzene rings is 4. The van der Waals surface area contributed by atoms with Gasteiger partial charge >= 0.3 is 24.0 Å². The van der Waals surface area contributed by atoms with Gasteiger partial charge in [0.2, 0.25) is 0 Å². The summed E-state index contributed by atoms with van der Waals surface area (Å²) in [5.74, 6) is 6.42. The van der Waals surface area contributed by atoms with E-state index in [1.54, 1.807) is 132 Å². The van der Waals surface area contributed by atoms with E-state index < -0.39 is 0 Å². The van der Waals surface area contributed by atoms with Crippen LogP contribution >= 0.6 is 0 Å². The van der Waals surface area contributed by atoms with Gasteiger partial charge in [0.25, 0.3) is 0 Å². The second-order valence-corrected chi connectivity index (χ2v) is 33.3. The molecule has 3 saturated carbocycles. The summed E-state index contributed by atoms with van der Waals surface area (Å²) in [6.07, 6.45) is 19.8. The Balaban J connectivity index is 0.000000103. The van der Waals surface area contributed by atoms with Gasteiger partial charge in [0.1, 0.15) is 69.5 Å². The zero-order valence-electron chi connectivity index (χ0n) is 67.8. The first-order valence-electron chi connectivity index (χ1n) is 41.3. The molecule has 122 heavy (non-hydrogen) atoms. The van der Waals surface area contributed by atoms with E-state index in [-0.39, 0.29) is 82.9 Å². The molecule has 28 nitrogen and oxygen atoms in total. The molecule has 0 amide bonds. The minimum Gasteiger partial charge on any atom is -0.423 e. The smallest absolute Gasteiger partial charge is 0.324 e. The van der Waals surface area contributed by atoms with Crippen molar-refractivity contribution in [2.75, 3.05) is 115 Å². The highest BCUT2D eigenvalue weighted by atomic mass is 19.1. The lowest BCUT2D eigenvalue weighted by atomic mass is 9.72. The van der Waals surface area contributed by atoms with Gasteiger partial charge in [0, 0.05) is 199 Å². The van der Waals surface area contributed by atoms with Gasteiger partial charge in [0.05, 0.1) is 47.6 Å². The Kier molecular flexibility index (Phi) is 19.8. The Morgan fingerprint density at radius 2 is 0.820 bits per heavy atom. The number of rotatable bonds is 17. The Labute approximate surface area is 700 Å². The second-order valence-electron chi connectivity index (χ2n) is 33.3. The van der Waals surface area contributed by atoms with Crippen LogP contribution in [0.3, 0.4) is 0 Å². The van der Waals surface area contributed by atoms with Gasteiger partial charge in [-0.1, -0.05) is 0 Å². The van der Waals surface area contributed by atoms with Crippen molar-refractivity contribution in [3.63, 3.8) is 0 Å². The highest BCUT2D eigenvalue weighted by Crippen LogP contribution is 2.60. The fourth-order valence-corrected chi connectivity index (χ4v) is 19.8. The largest absolute Gasteiger partial charge is 0.423 e. The van der Waals surface area contributed by atoms with Gasteiger partial charge in [-0.25, -0.2) is 17.6 Å². The van der Waals surface area contributed by atoms with Crippen LogP contribution in [0.5, 0.6) is 47.0 Å². The Bertz CT molecular complexity index is 5760. The van der Waals surface area contributed by atoms with Crippen LogP contribution in [0.25, 0.3) is 44.5 Å². The van der Waals surface area contributed by atoms with Crippen molar-refractivity contribution in [3.05, 3.63) is 215 Å². The van der Waals surface area contributed by atoms with E-state index in [0.29, 0.717) is 85.4 Å². The van der Waals surface area contributed by atoms with Crippen molar-refractivity contribution in [1.29, 1.82) is 0 Å². The summed E-state index contributed by atoms with van der Waals surface area (Å²) in [6, 6.07) is 28.9. The molecule has 4 aromatic carbocycles. The number of anilines is 8. The molecule has 2 bridgehead atoms. The first-order chi connectivity index (χ1) is 59.3. The number of nitrogens with two attached hydrogens (primary N) is 4. The van der Waals surface area contributed by atoms with Crippen molar-refractivity contribution in [2.45, 2.75) is 88.5 Å². The topological polar surface area (TPSA) is 357 Å². The fraction of sp³-hybridized carbons (Fsp3) is 0.333. The minimum atomic E-state index is -0.293. The summed E-state index contributed by atoms with van der Waals surface area (Å²) in [5, 5.41) is 12.4. The van der Waals surface area contributed by atoms with Gasteiger partial charge in [-0.05, 0) is 204 Å². The highest BCUT2D eigenvalue weighted by Gasteiger charge is 2.60. The number of ether oxygens (including phenoxy) is 4. The number of nitrogens with zero attached hydrogens (tertiary/aromatic N) is 16. The molecule has 12 aromatic rings. The summed E-state index contributed by atoms with van der Waals surface area (Å²) < 4.78 is 81.3. The van der Waals surface area contributed by atoms with E-state index in [1.165, 1.54) is 30.7 Å². The average molecular weight is 1650 g/mol. The summed E-state index contributed by atoms with van der Waals surface area (Å²) in [7, 11) is 7.21. The Morgan fingerprint density at radius 3 is 1.14 bits per heavy atom. The van der Waals surface area contributed by atoms with E-state index in [0.717, 1.165) is 188 Å². The third-order valence-electron chi connectivity index (χ3n) is 26.0. The highest BCUT2D eigenvalue weighted by molar-refractivity contribution is 5.92. The number of aromatic nitrogens is 12. The van der Waals surface area contributed by atoms with Crippen LogP contribution in [-0.2, 0) is 25.7 Å². The van der Waals surface area contributed by atoms with Crippen LogP contribution in [0.1, 0.15) is 77.6 Å². The van der Waals surface area contributed by atoms with Gasteiger partial charge in [-0.3, -0.25) is 19.9 Å². The monoisotopic (exact) mass is 1650 g/mol. The third-order valence-corrected chi connectivity index (χ3v) is 26.0. The molecule has 8 fully saturated rings. The number of fused-ring (bicyclic) bond motifs is 15. The fourth-order valence-electron chi connectivity index (χ4n) is 19.8. The molecule has 8 aromatic heterocycles. The number of pyridine rings is 4. The van der Waals surface area contributed by atoms with E-state index in [4.69, 9.17) is 71.8 Å². The van der Waals surface area contributed by atoms with Crippen LogP contribution in [0, 0.1) is 52.4 Å². The van der Waals surface area contributed by atoms with Crippen LogP contribution in [0.4, 0.5) is 63.6 Å². The standard InChI is InChI=1S/2C23H23FN6O.C22H21FN6O.C22H23FN6O/c1-26-18-6-14(24)5-17-16(18)7-19-20(17)21(30-10-13-8-23(13,11-25)12-30)29-22(28-19)31-15-3-2-4-27-9-15;1-26-19-7-13(24)6-16-15(19)8-20-21(16)22(30-10-12-5-18(25)17(12)11-30)29-23(28-20)31-14-3-2-4-27-9-14;1-25-16-7-12(23)6-15-14(16)8-17-19(15)21(29-10-11-5-18(29)20(11)24)28-22(27-17)30-13-3-2-4-26-9-13;1-12-6-14(24)11-29(12)21-20-17-7-13(23)8-18(25-2)16(17)9-19(20)27-22(28-21)30-15-4-3-5-26-10-15/h2-6,9,13,26H,7-8,10-12,25H2,1H3;2-4,6-7,9,12,17-18,26H,5,8,10-11,25H2,1H3;2-4,6-7,9,11,18,20,25H,5,8,10,24H2,1H3;3-5,7-8,10,12,14,25H,6,9,11,24H2,1-2H3/t;12?,17?,18-;;12-,14-/m.1.1/s1. The van der Waals surface area contributed by atoms with Crippen molar-refractivity contribution in [2.24, 2.45) is 52.0 Å². The molecule has 12 N–H and O–H groups in total. The van der Waals surface area contributed by atoms with Crippen molar-refractivity contribution in [3.8, 4) is 91.5 Å². The molecule has 7 unspecified atom stereocenters. The predicted molar refractivity (Wildman–Crippen MR) is 457 cm³/mol. The molecule has 5 saturated heterocycles. The van der Waals surface area contributed by atoms with Crippen LogP contribution < -0.4 is 82.7 Å². The molecule has 24 rings (SSSR count). The molecule has 622 valence electrons. The zero-order chi connectivity index (χ0) is 83.5. The van der Waals surface area contributed by atoms with E-state index in [1.807, 2.05) is 18.2 Å².